The third kappa shape index (κ3) is 1.81. The summed E-state index contributed by atoms with van der Waals surface area (Å²) in [6.07, 6.45) is 0. The second kappa shape index (κ2) is 4.37. The molecule has 0 N–H and O–H groups in total. The first kappa shape index (κ1) is 11.7. The van der Waals surface area contributed by atoms with Crippen molar-refractivity contribution in [2.45, 2.75) is 5.33 Å². The Morgan fingerprint density at radius 2 is 2.33 bits per heavy atom. The fourth-order valence-corrected chi connectivity index (χ4v) is 2.96. The van der Waals surface area contributed by atoms with Gasteiger partial charge in [-0.15, -0.1) is 11.3 Å². The van der Waals surface area contributed by atoms with Crippen molar-refractivity contribution in [2.75, 3.05) is 0 Å². The molecule has 0 saturated heterocycles. The smallest absolute Gasteiger partial charge is 0.408 e. The van der Waals surface area contributed by atoms with E-state index in [2.05, 4.69) is 20.9 Å². The van der Waals surface area contributed by atoms with E-state index in [1.165, 1.54) is 4.57 Å². The Labute approximate surface area is 115 Å². The maximum Gasteiger partial charge on any atom is 0.419 e. The molecule has 3 rings (SSSR count). The van der Waals surface area contributed by atoms with Gasteiger partial charge in [0.1, 0.15) is 5.01 Å². The van der Waals surface area contributed by atoms with E-state index < -0.39 is 0 Å². The normalized spacial score (nSPS) is 11.2. The molecule has 0 saturated carbocycles. The zero-order valence-electron chi connectivity index (χ0n) is 9.51. The van der Waals surface area contributed by atoms with Crippen molar-refractivity contribution >= 4 is 38.4 Å². The molecule has 2 heterocycles. The highest BCUT2D eigenvalue weighted by Gasteiger charge is 2.09. The Morgan fingerprint density at radius 3 is 3.06 bits per heavy atom. The van der Waals surface area contributed by atoms with Crippen LogP contribution < -0.4 is 5.76 Å². The minimum atomic E-state index is -0.346. The van der Waals surface area contributed by atoms with Gasteiger partial charge in [0.25, 0.3) is 0 Å². The molecule has 0 radical (unpaired) electrons. The van der Waals surface area contributed by atoms with Crippen LogP contribution in [0.15, 0.2) is 32.8 Å². The predicted octanol–water partition coefficient (Wildman–Crippen LogP) is 3.15. The van der Waals surface area contributed by atoms with Gasteiger partial charge in [-0.05, 0) is 18.2 Å². The number of fused-ring (bicyclic) bond motifs is 1. The van der Waals surface area contributed by atoms with Crippen LogP contribution in [0.1, 0.15) is 5.01 Å². The molecule has 0 bridgehead atoms. The van der Waals surface area contributed by atoms with Gasteiger partial charge in [-0.1, -0.05) is 15.9 Å². The molecule has 0 fully saturated rings. The van der Waals surface area contributed by atoms with Gasteiger partial charge in [0.15, 0.2) is 5.58 Å². The topological polar surface area (TPSA) is 48.0 Å². The van der Waals surface area contributed by atoms with Crippen LogP contribution in [0.2, 0.25) is 0 Å². The van der Waals surface area contributed by atoms with E-state index in [1.54, 1.807) is 24.5 Å². The molecule has 4 nitrogen and oxygen atoms in total. The molecule has 2 aromatic heterocycles. The van der Waals surface area contributed by atoms with Crippen molar-refractivity contribution < 1.29 is 4.42 Å². The summed E-state index contributed by atoms with van der Waals surface area (Å²) in [7, 11) is 1.70. The molecule has 0 unspecified atom stereocenters. The van der Waals surface area contributed by atoms with Crippen molar-refractivity contribution in [1.82, 2.24) is 9.55 Å². The molecule has 0 amide bonds. The van der Waals surface area contributed by atoms with Gasteiger partial charge >= 0.3 is 5.76 Å². The third-order valence-corrected chi connectivity index (χ3v) is 4.50. The second-order valence-corrected chi connectivity index (χ2v) is 5.37. The lowest BCUT2D eigenvalue weighted by molar-refractivity contribution is 0.528. The van der Waals surface area contributed by atoms with Gasteiger partial charge < -0.3 is 4.42 Å². The Morgan fingerprint density at radius 1 is 1.50 bits per heavy atom. The highest BCUT2D eigenvalue weighted by molar-refractivity contribution is 9.08. The lowest BCUT2D eigenvalue weighted by Gasteiger charge is -1.97. The maximum absolute atomic E-state index is 11.4. The van der Waals surface area contributed by atoms with Crippen LogP contribution in [0, 0.1) is 0 Å². The number of aryl methyl sites for hydroxylation is 1. The number of benzene rings is 1. The molecule has 0 aliphatic carbocycles. The molecular formula is C12H9BrN2O2S. The van der Waals surface area contributed by atoms with Crippen molar-refractivity contribution in [1.29, 1.82) is 0 Å². The summed E-state index contributed by atoms with van der Waals surface area (Å²) in [6, 6.07) is 5.64. The molecule has 92 valence electrons. The first-order chi connectivity index (χ1) is 8.69. The van der Waals surface area contributed by atoms with Gasteiger partial charge in [-0.25, -0.2) is 9.78 Å². The quantitative estimate of drug-likeness (QED) is 0.680. The molecule has 3 aromatic rings. The zero-order chi connectivity index (χ0) is 12.7. The number of hydrogen-bond acceptors (Lipinski definition) is 4. The van der Waals surface area contributed by atoms with Gasteiger partial charge in [-0.2, -0.15) is 0 Å². The summed E-state index contributed by atoms with van der Waals surface area (Å²) in [5.74, 6) is -0.346. The van der Waals surface area contributed by atoms with E-state index in [1.807, 2.05) is 17.5 Å². The van der Waals surface area contributed by atoms with Crippen LogP contribution in [0.5, 0.6) is 0 Å². The van der Waals surface area contributed by atoms with E-state index in [9.17, 15) is 4.79 Å². The van der Waals surface area contributed by atoms with E-state index in [0.717, 1.165) is 27.1 Å². The van der Waals surface area contributed by atoms with Gasteiger partial charge in [0.05, 0.1) is 16.5 Å². The van der Waals surface area contributed by atoms with Gasteiger partial charge in [0.2, 0.25) is 0 Å². The Bertz CT molecular complexity index is 772. The number of rotatable bonds is 2. The first-order valence-electron chi connectivity index (χ1n) is 5.29. The Kier molecular flexibility index (Phi) is 2.83. The number of oxazole rings is 1. The highest BCUT2D eigenvalue weighted by atomic mass is 79.9. The van der Waals surface area contributed by atoms with E-state index in [4.69, 9.17) is 4.42 Å². The average molecular weight is 325 g/mol. The zero-order valence-corrected chi connectivity index (χ0v) is 11.9. The number of aromatic nitrogens is 2. The van der Waals surface area contributed by atoms with Crippen LogP contribution in [-0.2, 0) is 12.4 Å². The fourth-order valence-electron chi connectivity index (χ4n) is 1.79. The minimum Gasteiger partial charge on any atom is -0.408 e. The number of thiazole rings is 1. The van der Waals surface area contributed by atoms with E-state index >= 15 is 0 Å². The number of nitrogens with zero attached hydrogens (tertiary/aromatic N) is 2. The molecule has 1 aromatic carbocycles. The van der Waals surface area contributed by atoms with Crippen molar-refractivity contribution in [3.05, 3.63) is 39.1 Å². The second-order valence-electron chi connectivity index (χ2n) is 3.87. The summed E-state index contributed by atoms with van der Waals surface area (Å²) in [5.41, 5.74) is 3.29. The molecule has 0 aliphatic heterocycles. The number of halogens is 1. The molecule has 0 aliphatic rings. The van der Waals surface area contributed by atoms with Crippen LogP contribution >= 0.6 is 27.3 Å². The lowest BCUT2D eigenvalue weighted by Crippen LogP contribution is -2.08. The summed E-state index contributed by atoms with van der Waals surface area (Å²) in [5, 5.41) is 3.80. The largest absolute Gasteiger partial charge is 0.419 e. The predicted molar refractivity (Wildman–Crippen MR) is 75.2 cm³/mol. The standard InChI is InChI=1S/C12H9BrN2O2S/c1-15-9-4-7(2-3-10(9)17-12(15)16)8-6-18-11(5-13)14-8/h2-4,6H,5H2,1H3. The van der Waals surface area contributed by atoms with Gasteiger partial charge in [0, 0.05) is 18.0 Å². The van der Waals surface area contributed by atoms with Crippen molar-refractivity contribution in [3.8, 4) is 11.3 Å². The summed E-state index contributed by atoms with van der Waals surface area (Å²) in [4.78, 5) is 15.9. The Hall–Kier alpha value is -1.40. The summed E-state index contributed by atoms with van der Waals surface area (Å²) >= 11 is 4.99. The van der Waals surface area contributed by atoms with Crippen molar-refractivity contribution in [3.63, 3.8) is 0 Å². The lowest BCUT2D eigenvalue weighted by atomic mass is 10.1. The van der Waals surface area contributed by atoms with Crippen LogP contribution in [0.3, 0.4) is 0 Å². The van der Waals surface area contributed by atoms with Crippen molar-refractivity contribution in [2.24, 2.45) is 7.05 Å². The number of alkyl halides is 1. The monoisotopic (exact) mass is 324 g/mol. The minimum absolute atomic E-state index is 0.346. The molecular weight excluding hydrogens is 316 g/mol. The molecule has 0 spiro atoms. The molecule has 18 heavy (non-hydrogen) atoms. The number of hydrogen-bond donors (Lipinski definition) is 0. The summed E-state index contributed by atoms with van der Waals surface area (Å²) in [6.45, 7) is 0. The maximum atomic E-state index is 11.4. The van der Waals surface area contributed by atoms with Crippen LogP contribution in [0.4, 0.5) is 0 Å². The summed E-state index contributed by atoms with van der Waals surface area (Å²) < 4.78 is 6.59. The van der Waals surface area contributed by atoms with E-state index in [0.29, 0.717) is 5.58 Å². The van der Waals surface area contributed by atoms with E-state index in [-0.39, 0.29) is 5.76 Å². The average Bonchev–Trinajstić information content (AvgIpc) is 2.96. The SMILES string of the molecule is Cn1c(=O)oc2ccc(-c3csc(CBr)n3)cc21. The third-order valence-electron chi connectivity index (χ3n) is 2.75. The highest BCUT2D eigenvalue weighted by Crippen LogP contribution is 2.26. The fraction of sp³-hybridized carbons (Fsp3) is 0.167. The Balaban J connectivity index is 2.18. The van der Waals surface area contributed by atoms with Crippen LogP contribution in [-0.4, -0.2) is 9.55 Å². The van der Waals surface area contributed by atoms with Gasteiger partial charge in [-0.3, -0.25) is 4.57 Å². The first-order valence-corrected chi connectivity index (χ1v) is 7.29. The molecule has 0 atom stereocenters. The molecule has 6 heteroatoms. The van der Waals surface area contributed by atoms with Crippen LogP contribution in [0.25, 0.3) is 22.4 Å².